The zero-order valence-electron chi connectivity index (χ0n) is 12.9. The highest BCUT2D eigenvalue weighted by atomic mass is 16.2. The first kappa shape index (κ1) is 15.2. The number of nitrogens with one attached hydrogen (secondary N) is 1. The molecular weight excluding hydrogens is 266 g/mol. The number of hydrazone groups is 1. The van der Waals surface area contributed by atoms with Crippen LogP contribution in [0.1, 0.15) is 39.2 Å². The van der Waals surface area contributed by atoms with Crippen molar-refractivity contribution in [2.45, 2.75) is 39.0 Å². The summed E-state index contributed by atoms with van der Waals surface area (Å²) in [7, 11) is 1.56. The summed E-state index contributed by atoms with van der Waals surface area (Å²) < 4.78 is 0. The van der Waals surface area contributed by atoms with E-state index in [0.29, 0.717) is 18.6 Å². The van der Waals surface area contributed by atoms with Gasteiger partial charge in [-0.2, -0.15) is 5.10 Å². The van der Waals surface area contributed by atoms with Gasteiger partial charge in [0.05, 0.1) is 0 Å². The van der Waals surface area contributed by atoms with Crippen molar-refractivity contribution in [3.05, 3.63) is 29.8 Å². The average molecular weight is 287 g/mol. The van der Waals surface area contributed by atoms with Gasteiger partial charge < -0.3 is 5.32 Å². The van der Waals surface area contributed by atoms with E-state index >= 15 is 0 Å². The molecule has 0 aromatic heterocycles. The first-order valence-corrected chi connectivity index (χ1v) is 7.03. The molecule has 2 rings (SSSR count). The number of benzene rings is 1. The van der Waals surface area contributed by atoms with E-state index in [2.05, 4.69) is 31.2 Å². The Morgan fingerprint density at radius 3 is 2.33 bits per heavy atom. The van der Waals surface area contributed by atoms with Crippen LogP contribution in [0.3, 0.4) is 0 Å². The van der Waals surface area contributed by atoms with E-state index in [4.69, 9.17) is 0 Å². The molecule has 0 aliphatic carbocycles. The van der Waals surface area contributed by atoms with Crippen molar-refractivity contribution in [3.8, 4) is 0 Å². The van der Waals surface area contributed by atoms with Crippen molar-refractivity contribution in [3.63, 3.8) is 0 Å². The van der Waals surface area contributed by atoms with Crippen LogP contribution in [-0.2, 0) is 15.0 Å². The van der Waals surface area contributed by atoms with Gasteiger partial charge in [-0.3, -0.25) is 9.59 Å². The topological polar surface area (TPSA) is 61.8 Å². The smallest absolute Gasteiger partial charge is 0.271 e. The number of carbonyl (C=O) groups excluding carboxylic acids is 2. The Bertz CT molecular complexity index is 583. The quantitative estimate of drug-likeness (QED) is 0.908. The second-order valence-electron chi connectivity index (χ2n) is 6.25. The molecule has 1 aromatic carbocycles. The molecule has 0 radical (unpaired) electrons. The van der Waals surface area contributed by atoms with Crippen LogP contribution in [0.2, 0.25) is 0 Å². The van der Waals surface area contributed by atoms with E-state index in [-0.39, 0.29) is 17.2 Å². The number of rotatable bonds is 2. The maximum atomic E-state index is 12.1. The van der Waals surface area contributed by atoms with Gasteiger partial charge in [-0.05, 0) is 23.1 Å². The van der Waals surface area contributed by atoms with Crippen molar-refractivity contribution in [1.29, 1.82) is 0 Å². The van der Waals surface area contributed by atoms with E-state index in [1.54, 1.807) is 7.05 Å². The maximum Gasteiger partial charge on any atom is 0.271 e. The van der Waals surface area contributed by atoms with Crippen molar-refractivity contribution in [1.82, 2.24) is 5.01 Å². The number of amides is 2. The fraction of sp³-hybridized carbons (Fsp3) is 0.438. The first-order valence-electron chi connectivity index (χ1n) is 7.03. The average Bonchev–Trinajstić information content (AvgIpc) is 2.41. The molecule has 0 fully saturated rings. The summed E-state index contributed by atoms with van der Waals surface area (Å²) in [5.74, 6) is -0.320. The lowest BCUT2D eigenvalue weighted by molar-refractivity contribution is -0.130. The molecule has 0 atom stereocenters. The minimum Gasteiger partial charge on any atom is -0.321 e. The third-order valence-electron chi connectivity index (χ3n) is 3.48. The fourth-order valence-corrected chi connectivity index (χ4v) is 2.09. The van der Waals surface area contributed by atoms with E-state index in [1.165, 1.54) is 10.6 Å². The highest BCUT2D eigenvalue weighted by molar-refractivity contribution is 6.43. The zero-order valence-corrected chi connectivity index (χ0v) is 12.9. The predicted octanol–water partition coefficient (Wildman–Crippen LogP) is 2.53. The van der Waals surface area contributed by atoms with Gasteiger partial charge in [-0.1, -0.05) is 32.9 Å². The van der Waals surface area contributed by atoms with Gasteiger partial charge in [-0.15, -0.1) is 0 Å². The Morgan fingerprint density at radius 1 is 1.19 bits per heavy atom. The van der Waals surface area contributed by atoms with E-state index in [9.17, 15) is 9.59 Å². The van der Waals surface area contributed by atoms with Gasteiger partial charge in [0.2, 0.25) is 5.91 Å². The molecule has 5 nitrogen and oxygen atoms in total. The third kappa shape index (κ3) is 3.68. The first-order chi connectivity index (χ1) is 9.77. The third-order valence-corrected chi connectivity index (χ3v) is 3.48. The summed E-state index contributed by atoms with van der Waals surface area (Å²) in [6, 6.07) is 7.79. The Morgan fingerprint density at radius 2 is 1.81 bits per heavy atom. The number of hydrogen-bond donors (Lipinski definition) is 1. The summed E-state index contributed by atoms with van der Waals surface area (Å²) in [5.41, 5.74) is 2.41. The van der Waals surface area contributed by atoms with Gasteiger partial charge in [0.25, 0.3) is 5.91 Å². The summed E-state index contributed by atoms with van der Waals surface area (Å²) >= 11 is 0. The molecule has 5 heteroatoms. The summed E-state index contributed by atoms with van der Waals surface area (Å²) in [5, 5.41) is 8.05. The van der Waals surface area contributed by atoms with Gasteiger partial charge in [0, 0.05) is 25.6 Å². The Kier molecular flexibility index (Phi) is 4.11. The van der Waals surface area contributed by atoms with E-state index in [1.807, 2.05) is 24.3 Å². The SMILES string of the molecule is CN1N=C(C(=O)Nc2ccc(C(C)(C)C)cc2)CCC1=O. The van der Waals surface area contributed by atoms with Crippen LogP contribution >= 0.6 is 0 Å². The van der Waals surface area contributed by atoms with Crippen LogP contribution in [0.4, 0.5) is 5.69 Å². The van der Waals surface area contributed by atoms with Crippen LogP contribution < -0.4 is 5.32 Å². The van der Waals surface area contributed by atoms with Crippen molar-refractivity contribution in [2.75, 3.05) is 12.4 Å². The molecule has 0 saturated carbocycles. The van der Waals surface area contributed by atoms with E-state index < -0.39 is 0 Å². The molecular formula is C16H21N3O2. The van der Waals surface area contributed by atoms with Crippen LogP contribution in [0, 0.1) is 0 Å². The lowest BCUT2D eigenvalue weighted by Crippen LogP contribution is -2.34. The van der Waals surface area contributed by atoms with Gasteiger partial charge in [0.1, 0.15) is 5.71 Å². The largest absolute Gasteiger partial charge is 0.321 e. The fourth-order valence-electron chi connectivity index (χ4n) is 2.09. The second kappa shape index (κ2) is 5.68. The van der Waals surface area contributed by atoms with Gasteiger partial charge >= 0.3 is 0 Å². The van der Waals surface area contributed by atoms with E-state index in [0.717, 1.165) is 5.69 Å². The van der Waals surface area contributed by atoms with Crippen LogP contribution in [0.15, 0.2) is 29.4 Å². The van der Waals surface area contributed by atoms with Crippen molar-refractivity contribution >= 4 is 23.2 Å². The Labute approximate surface area is 125 Å². The molecule has 21 heavy (non-hydrogen) atoms. The highest BCUT2D eigenvalue weighted by Gasteiger charge is 2.22. The second-order valence-corrected chi connectivity index (χ2v) is 6.25. The predicted molar refractivity (Wildman–Crippen MR) is 83.2 cm³/mol. The highest BCUT2D eigenvalue weighted by Crippen LogP contribution is 2.23. The molecule has 1 aromatic rings. The molecule has 0 spiro atoms. The van der Waals surface area contributed by atoms with Crippen LogP contribution in [-0.4, -0.2) is 29.6 Å². The number of hydrogen-bond acceptors (Lipinski definition) is 3. The molecule has 2 amide bonds. The molecule has 0 unspecified atom stereocenters. The minimum absolute atomic E-state index is 0.0684. The minimum atomic E-state index is -0.252. The van der Waals surface area contributed by atoms with Crippen molar-refractivity contribution < 1.29 is 9.59 Å². The molecule has 1 heterocycles. The monoisotopic (exact) mass is 287 g/mol. The maximum absolute atomic E-state index is 12.1. The number of carbonyl (C=O) groups is 2. The zero-order chi connectivity index (χ0) is 15.6. The lowest BCUT2D eigenvalue weighted by atomic mass is 9.87. The number of anilines is 1. The molecule has 1 aliphatic rings. The molecule has 0 bridgehead atoms. The molecule has 1 aliphatic heterocycles. The summed E-state index contributed by atoms with van der Waals surface area (Å²) in [6.07, 6.45) is 0.709. The lowest BCUT2D eigenvalue weighted by Gasteiger charge is -2.20. The summed E-state index contributed by atoms with van der Waals surface area (Å²) in [4.78, 5) is 23.5. The standard InChI is InChI=1S/C16H21N3O2/c1-16(2,3)11-5-7-12(8-6-11)17-15(21)13-9-10-14(20)19(4)18-13/h5-8H,9-10H2,1-4H3,(H,17,21). The van der Waals surface area contributed by atoms with Gasteiger partial charge in [-0.25, -0.2) is 5.01 Å². The summed E-state index contributed by atoms with van der Waals surface area (Å²) in [6.45, 7) is 6.43. The molecule has 112 valence electrons. The normalized spacial score (nSPS) is 15.7. The number of nitrogens with zero attached hydrogens (tertiary/aromatic N) is 2. The van der Waals surface area contributed by atoms with Crippen LogP contribution in [0.5, 0.6) is 0 Å². The van der Waals surface area contributed by atoms with Gasteiger partial charge in [0.15, 0.2) is 0 Å². The Balaban J connectivity index is 2.07. The Hall–Kier alpha value is -2.17. The molecule has 0 saturated heterocycles. The van der Waals surface area contributed by atoms with Crippen LogP contribution in [0.25, 0.3) is 0 Å². The van der Waals surface area contributed by atoms with Crippen molar-refractivity contribution in [2.24, 2.45) is 5.10 Å². The molecule has 1 N–H and O–H groups in total.